The van der Waals surface area contributed by atoms with Crippen molar-refractivity contribution in [3.05, 3.63) is 107 Å². The zero-order valence-electron chi connectivity index (χ0n) is 21.8. The van der Waals surface area contributed by atoms with Gasteiger partial charge in [-0.2, -0.15) is 11.8 Å². The Hall–Kier alpha value is -3.01. The number of carbonyl (C=O) groups is 2. The molecule has 0 aliphatic heterocycles. The summed E-state index contributed by atoms with van der Waals surface area (Å²) in [6.07, 6.45) is 3.09. The number of hydrogen-bond donors (Lipinski definition) is 2. The summed E-state index contributed by atoms with van der Waals surface area (Å²) >= 11 is 1.55. The molecular weight excluding hydrogens is 501 g/mol. The van der Waals surface area contributed by atoms with Crippen LogP contribution in [-0.4, -0.2) is 60.5 Å². The molecule has 5 nitrogen and oxygen atoms in total. The molecular formula is C32H34LiNO4S. The third-order valence-electron chi connectivity index (χ3n) is 6.64. The van der Waals surface area contributed by atoms with Gasteiger partial charge in [-0.15, -0.1) is 0 Å². The normalized spacial score (nSPS) is 11.5. The van der Waals surface area contributed by atoms with Gasteiger partial charge in [0.25, 0.3) is 5.91 Å². The number of carboxylic acid groups (broad SMARTS) is 1. The van der Waals surface area contributed by atoms with Crippen molar-refractivity contribution in [3.8, 4) is 11.1 Å². The molecule has 1 amide bonds. The number of ether oxygens (including phenoxy) is 1. The fraction of sp³-hybridized carbons (Fsp3) is 0.250. The van der Waals surface area contributed by atoms with Crippen molar-refractivity contribution in [1.29, 1.82) is 0 Å². The molecule has 0 saturated heterocycles. The zero-order chi connectivity index (χ0) is 26.9. The number of benzene rings is 4. The van der Waals surface area contributed by atoms with E-state index in [0.717, 1.165) is 28.7 Å². The van der Waals surface area contributed by atoms with E-state index in [-0.39, 0.29) is 24.8 Å². The molecule has 2 N–H and O–H groups in total. The predicted molar refractivity (Wildman–Crippen MR) is 163 cm³/mol. The third kappa shape index (κ3) is 8.00. The molecule has 0 fully saturated rings. The first-order valence-corrected chi connectivity index (χ1v) is 14.1. The molecule has 0 heterocycles. The van der Waals surface area contributed by atoms with Gasteiger partial charge in [0.15, 0.2) is 0 Å². The molecule has 7 heteroatoms. The van der Waals surface area contributed by atoms with Gasteiger partial charge in [-0.25, -0.2) is 4.79 Å². The Morgan fingerprint density at radius 2 is 1.69 bits per heavy atom. The Kier molecular flexibility index (Phi) is 11.7. The Labute approximate surface area is 246 Å². The summed E-state index contributed by atoms with van der Waals surface area (Å²) in [5.41, 5.74) is 5.40. The van der Waals surface area contributed by atoms with Gasteiger partial charge in [-0.05, 0) is 82.5 Å². The van der Waals surface area contributed by atoms with Crippen LogP contribution < -0.4 is 5.32 Å². The first-order chi connectivity index (χ1) is 18.5. The van der Waals surface area contributed by atoms with Crippen molar-refractivity contribution < 1.29 is 19.4 Å². The van der Waals surface area contributed by atoms with Gasteiger partial charge in [0, 0.05) is 5.56 Å². The second-order valence-corrected chi connectivity index (χ2v) is 10.3. The van der Waals surface area contributed by atoms with Gasteiger partial charge in [-0.1, -0.05) is 72.8 Å². The van der Waals surface area contributed by atoms with Crippen molar-refractivity contribution in [3.63, 3.8) is 0 Å². The number of amides is 1. The van der Waals surface area contributed by atoms with Gasteiger partial charge in [-0.3, -0.25) is 4.79 Å². The molecule has 0 aliphatic carbocycles. The van der Waals surface area contributed by atoms with Crippen LogP contribution in [0.2, 0.25) is 0 Å². The van der Waals surface area contributed by atoms with Crippen molar-refractivity contribution in [2.24, 2.45) is 0 Å². The zero-order valence-corrected chi connectivity index (χ0v) is 22.6. The molecule has 0 aliphatic rings. The summed E-state index contributed by atoms with van der Waals surface area (Å²) < 4.78 is 6.05. The fourth-order valence-corrected chi connectivity index (χ4v) is 5.06. The number of carboxylic acids is 1. The molecule has 4 aromatic rings. The monoisotopic (exact) mass is 535 g/mol. The number of aliphatic carboxylic acids is 1. The number of thioether (sulfide) groups is 1. The molecule has 198 valence electrons. The van der Waals surface area contributed by atoms with E-state index in [1.54, 1.807) is 17.8 Å². The van der Waals surface area contributed by atoms with Crippen LogP contribution >= 0.6 is 11.8 Å². The second kappa shape index (κ2) is 15.0. The predicted octanol–water partition coefficient (Wildman–Crippen LogP) is 5.86. The molecule has 0 bridgehead atoms. The van der Waals surface area contributed by atoms with E-state index >= 15 is 0 Å². The summed E-state index contributed by atoms with van der Waals surface area (Å²) in [7, 11) is 0. The SMILES string of the molecule is CSCCC(NC(=O)c1ccc(COCCc2cccc3ccccc23)cc1-c1ccccc1C)C(=O)O.[LiH]. The van der Waals surface area contributed by atoms with E-state index in [0.29, 0.717) is 31.0 Å². The van der Waals surface area contributed by atoms with E-state index in [4.69, 9.17) is 4.74 Å². The van der Waals surface area contributed by atoms with Crippen LogP contribution in [0.25, 0.3) is 21.9 Å². The standard InChI is InChI=1S/C32H33NO4S.Li.H/c1-22-8-3-5-12-26(22)29-20-23(14-15-28(29)31(34)33-30(32(35)36)17-19-38-2)21-37-18-16-25-11-7-10-24-9-4-6-13-27(24)25;;/h3-15,20,30H,16-19,21H2,1-2H3,(H,33,34)(H,35,36);;. The van der Waals surface area contributed by atoms with Crippen molar-refractivity contribution in [1.82, 2.24) is 5.32 Å². The Morgan fingerprint density at radius 1 is 0.949 bits per heavy atom. The van der Waals surface area contributed by atoms with Crippen molar-refractivity contribution >= 4 is 53.3 Å². The number of rotatable bonds is 12. The molecule has 0 aromatic heterocycles. The maximum absolute atomic E-state index is 13.3. The quantitative estimate of drug-likeness (QED) is 0.176. The third-order valence-corrected chi connectivity index (χ3v) is 7.29. The fourth-order valence-electron chi connectivity index (χ4n) is 4.59. The summed E-state index contributed by atoms with van der Waals surface area (Å²) in [6.45, 7) is 2.99. The summed E-state index contributed by atoms with van der Waals surface area (Å²) in [6, 6.07) is 27.3. The molecule has 1 unspecified atom stereocenters. The molecule has 4 rings (SSSR count). The minimum absolute atomic E-state index is 0. The number of fused-ring (bicyclic) bond motifs is 1. The average Bonchev–Trinajstić information content (AvgIpc) is 2.93. The summed E-state index contributed by atoms with van der Waals surface area (Å²) in [5.74, 6) is -0.766. The summed E-state index contributed by atoms with van der Waals surface area (Å²) in [5, 5.41) is 14.8. The number of aryl methyl sites for hydroxylation is 1. The number of carbonyl (C=O) groups excluding carboxylic acids is 1. The van der Waals surface area contributed by atoms with Crippen LogP contribution in [0.1, 0.15) is 33.5 Å². The van der Waals surface area contributed by atoms with Crippen LogP contribution in [0.5, 0.6) is 0 Å². The van der Waals surface area contributed by atoms with Gasteiger partial charge < -0.3 is 15.2 Å². The molecule has 1 atom stereocenters. The van der Waals surface area contributed by atoms with E-state index in [1.807, 2.05) is 55.6 Å². The van der Waals surface area contributed by atoms with Gasteiger partial charge in [0.2, 0.25) is 0 Å². The van der Waals surface area contributed by atoms with Gasteiger partial charge in [0.1, 0.15) is 6.04 Å². The second-order valence-electron chi connectivity index (χ2n) is 9.28. The van der Waals surface area contributed by atoms with E-state index in [9.17, 15) is 14.7 Å². The van der Waals surface area contributed by atoms with Gasteiger partial charge in [0.05, 0.1) is 13.2 Å². The molecule has 0 spiro atoms. The van der Waals surface area contributed by atoms with Crippen LogP contribution in [0.15, 0.2) is 84.9 Å². The van der Waals surface area contributed by atoms with Crippen LogP contribution in [0.3, 0.4) is 0 Å². The molecule has 39 heavy (non-hydrogen) atoms. The molecule has 4 aromatic carbocycles. The van der Waals surface area contributed by atoms with Crippen molar-refractivity contribution in [2.45, 2.75) is 32.4 Å². The van der Waals surface area contributed by atoms with Gasteiger partial charge >= 0.3 is 24.8 Å². The molecule has 0 saturated carbocycles. The first kappa shape index (κ1) is 30.5. The number of nitrogens with one attached hydrogen (secondary N) is 1. The summed E-state index contributed by atoms with van der Waals surface area (Å²) in [4.78, 5) is 25.0. The van der Waals surface area contributed by atoms with Crippen LogP contribution in [0.4, 0.5) is 0 Å². The van der Waals surface area contributed by atoms with E-state index in [1.165, 1.54) is 16.3 Å². The van der Waals surface area contributed by atoms with Crippen LogP contribution in [0, 0.1) is 6.92 Å². The Morgan fingerprint density at radius 3 is 2.46 bits per heavy atom. The topological polar surface area (TPSA) is 75.6 Å². The number of hydrogen-bond acceptors (Lipinski definition) is 4. The maximum atomic E-state index is 13.3. The molecule has 0 radical (unpaired) electrons. The first-order valence-electron chi connectivity index (χ1n) is 12.7. The Balaban J connectivity index is 0.00000420. The average molecular weight is 536 g/mol. The minimum atomic E-state index is -1.03. The van der Waals surface area contributed by atoms with Crippen molar-refractivity contribution in [2.75, 3.05) is 18.6 Å². The van der Waals surface area contributed by atoms with Crippen LogP contribution in [-0.2, 0) is 22.6 Å². The van der Waals surface area contributed by atoms with E-state index in [2.05, 4.69) is 41.7 Å². The van der Waals surface area contributed by atoms with E-state index < -0.39 is 12.0 Å². The Bertz CT molecular complexity index is 1420.